The Kier molecular flexibility index (Phi) is 3.24. The topological polar surface area (TPSA) is 68.1 Å². The maximum atomic E-state index is 10.7. The van der Waals surface area contributed by atoms with E-state index in [0.717, 1.165) is 18.7 Å². The maximum absolute atomic E-state index is 10.7. The van der Waals surface area contributed by atoms with Gasteiger partial charge in [-0.15, -0.1) is 0 Å². The van der Waals surface area contributed by atoms with E-state index in [4.69, 9.17) is 0 Å². The summed E-state index contributed by atoms with van der Waals surface area (Å²) in [5, 5.41) is 14.1. The van der Waals surface area contributed by atoms with Gasteiger partial charge in [-0.3, -0.25) is 10.1 Å². The summed E-state index contributed by atoms with van der Waals surface area (Å²) >= 11 is 0. The van der Waals surface area contributed by atoms with Crippen LogP contribution >= 0.6 is 0 Å². The monoisotopic (exact) mass is 249 g/mol. The Morgan fingerprint density at radius 3 is 2.78 bits per heavy atom. The van der Waals surface area contributed by atoms with E-state index in [1.807, 2.05) is 0 Å². The van der Waals surface area contributed by atoms with Crippen molar-refractivity contribution in [1.29, 1.82) is 0 Å². The van der Waals surface area contributed by atoms with Crippen LogP contribution in [0.3, 0.4) is 0 Å². The molecule has 1 unspecified atom stereocenters. The van der Waals surface area contributed by atoms with Gasteiger partial charge in [-0.25, -0.2) is 4.98 Å². The standard InChI is InChI=1S/C13H19N3O2/c1-9-6-12(14-8-11(9)16(17)18)15-10-4-5-13(2,3)7-10/h6,8,10H,4-5,7H2,1-3H3,(H,14,15). The second-order valence-electron chi connectivity index (χ2n) is 5.86. The Hall–Kier alpha value is -1.65. The molecule has 0 aromatic carbocycles. The van der Waals surface area contributed by atoms with Crippen molar-refractivity contribution >= 4 is 11.5 Å². The largest absolute Gasteiger partial charge is 0.367 e. The van der Waals surface area contributed by atoms with Crippen molar-refractivity contribution in [2.24, 2.45) is 5.41 Å². The van der Waals surface area contributed by atoms with Crippen molar-refractivity contribution in [3.05, 3.63) is 27.9 Å². The van der Waals surface area contributed by atoms with E-state index in [1.165, 1.54) is 12.6 Å². The van der Waals surface area contributed by atoms with E-state index in [0.29, 0.717) is 17.0 Å². The van der Waals surface area contributed by atoms with Crippen LogP contribution in [-0.4, -0.2) is 15.9 Å². The average molecular weight is 249 g/mol. The molecule has 1 aromatic rings. The molecular weight excluding hydrogens is 230 g/mol. The van der Waals surface area contributed by atoms with Crippen LogP contribution in [0.4, 0.5) is 11.5 Å². The number of pyridine rings is 1. The summed E-state index contributed by atoms with van der Waals surface area (Å²) in [4.78, 5) is 14.4. The van der Waals surface area contributed by atoms with Gasteiger partial charge in [0.1, 0.15) is 12.0 Å². The molecule has 0 saturated heterocycles. The number of aromatic nitrogens is 1. The van der Waals surface area contributed by atoms with Crippen LogP contribution in [-0.2, 0) is 0 Å². The molecule has 5 heteroatoms. The summed E-state index contributed by atoms with van der Waals surface area (Å²) in [6.45, 7) is 6.27. The predicted octanol–water partition coefficient (Wildman–Crippen LogP) is 3.29. The van der Waals surface area contributed by atoms with Crippen LogP contribution in [0.25, 0.3) is 0 Å². The van der Waals surface area contributed by atoms with Crippen LogP contribution < -0.4 is 5.32 Å². The molecule has 1 N–H and O–H groups in total. The smallest absolute Gasteiger partial charge is 0.290 e. The number of hydrogen-bond acceptors (Lipinski definition) is 4. The first-order chi connectivity index (χ1) is 8.37. The quantitative estimate of drug-likeness (QED) is 0.659. The summed E-state index contributed by atoms with van der Waals surface area (Å²) in [5.74, 6) is 0.737. The Labute approximate surface area is 107 Å². The first kappa shape index (κ1) is 12.8. The fourth-order valence-corrected chi connectivity index (χ4v) is 2.59. The third-order valence-electron chi connectivity index (χ3n) is 3.60. The van der Waals surface area contributed by atoms with E-state index in [2.05, 4.69) is 24.1 Å². The zero-order valence-electron chi connectivity index (χ0n) is 11.1. The molecule has 18 heavy (non-hydrogen) atoms. The highest BCUT2D eigenvalue weighted by Crippen LogP contribution is 2.38. The van der Waals surface area contributed by atoms with Gasteiger partial charge in [-0.1, -0.05) is 13.8 Å². The molecule has 0 aliphatic heterocycles. The Morgan fingerprint density at radius 2 is 2.28 bits per heavy atom. The first-order valence-corrected chi connectivity index (χ1v) is 6.25. The Morgan fingerprint density at radius 1 is 1.56 bits per heavy atom. The minimum atomic E-state index is -0.398. The zero-order chi connectivity index (χ0) is 13.3. The average Bonchev–Trinajstić information content (AvgIpc) is 2.57. The SMILES string of the molecule is Cc1cc(NC2CCC(C)(C)C2)ncc1[N+](=O)[O-]. The van der Waals surface area contributed by atoms with Crippen LogP contribution in [0.15, 0.2) is 12.3 Å². The van der Waals surface area contributed by atoms with Crippen molar-refractivity contribution in [1.82, 2.24) is 4.98 Å². The first-order valence-electron chi connectivity index (χ1n) is 6.25. The highest BCUT2D eigenvalue weighted by atomic mass is 16.6. The lowest BCUT2D eigenvalue weighted by Crippen LogP contribution is -2.18. The van der Waals surface area contributed by atoms with Gasteiger partial charge in [0.25, 0.3) is 5.69 Å². The van der Waals surface area contributed by atoms with Crippen molar-refractivity contribution in [3.8, 4) is 0 Å². The number of rotatable bonds is 3. The van der Waals surface area contributed by atoms with Crippen molar-refractivity contribution in [2.75, 3.05) is 5.32 Å². The highest BCUT2D eigenvalue weighted by molar-refractivity contribution is 5.47. The molecule has 1 aliphatic carbocycles. The number of anilines is 1. The fraction of sp³-hybridized carbons (Fsp3) is 0.615. The number of hydrogen-bond donors (Lipinski definition) is 1. The van der Waals surface area contributed by atoms with Gasteiger partial charge in [0.2, 0.25) is 0 Å². The summed E-state index contributed by atoms with van der Waals surface area (Å²) in [6, 6.07) is 2.18. The number of aryl methyl sites for hydroxylation is 1. The van der Waals surface area contributed by atoms with Gasteiger partial charge in [0.05, 0.1) is 4.92 Å². The molecule has 0 bridgehead atoms. The lowest BCUT2D eigenvalue weighted by molar-refractivity contribution is -0.385. The van der Waals surface area contributed by atoms with Crippen molar-refractivity contribution in [3.63, 3.8) is 0 Å². The third-order valence-corrected chi connectivity index (χ3v) is 3.60. The minimum absolute atomic E-state index is 0.0762. The molecule has 1 aliphatic rings. The maximum Gasteiger partial charge on any atom is 0.290 e. The van der Waals surface area contributed by atoms with E-state index in [-0.39, 0.29) is 5.69 Å². The third kappa shape index (κ3) is 2.78. The molecule has 1 saturated carbocycles. The predicted molar refractivity (Wildman–Crippen MR) is 70.7 cm³/mol. The van der Waals surface area contributed by atoms with E-state index in [9.17, 15) is 10.1 Å². The summed E-state index contributed by atoms with van der Waals surface area (Å²) in [7, 11) is 0. The summed E-state index contributed by atoms with van der Waals surface area (Å²) in [5.41, 5.74) is 1.11. The number of nitro groups is 1. The molecule has 1 aromatic heterocycles. The molecular formula is C13H19N3O2. The van der Waals surface area contributed by atoms with Crippen LogP contribution in [0.2, 0.25) is 0 Å². The van der Waals surface area contributed by atoms with E-state index in [1.54, 1.807) is 13.0 Å². The lowest BCUT2D eigenvalue weighted by Gasteiger charge is -2.18. The van der Waals surface area contributed by atoms with E-state index < -0.39 is 4.92 Å². The number of nitrogens with zero attached hydrogens (tertiary/aromatic N) is 2. The van der Waals surface area contributed by atoms with Gasteiger partial charge in [-0.2, -0.15) is 0 Å². The molecule has 2 rings (SSSR count). The number of nitrogens with one attached hydrogen (secondary N) is 1. The van der Waals surface area contributed by atoms with Gasteiger partial charge in [-0.05, 0) is 37.7 Å². The molecule has 5 nitrogen and oxygen atoms in total. The van der Waals surface area contributed by atoms with Gasteiger partial charge in [0.15, 0.2) is 0 Å². The second kappa shape index (κ2) is 4.55. The van der Waals surface area contributed by atoms with Crippen LogP contribution in [0.5, 0.6) is 0 Å². The lowest BCUT2D eigenvalue weighted by atomic mass is 9.92. The van der Waals surface area contributed by atoms with Gasteiger partial charge < -0.3 is 5.32 Å². The second-order valence-corrected chi connectivity index (χ2v) is 5.86. The zero-order valence-corrected chi connectivity index (χ0v) is 11.1. The molecule has 0 radical (unpaired) electrons. The minimum Gasteiger partial charge on any atom is -0.367 e. The molecule has 1 fully saturated rings. The van der Waals surface area contributed by atoms with Crippen LogP contribution in [0.1, 0.15) is 38.7 Å². The summed E-state index contributed by atoms with van der Waals surface area (Å²) in [6.07, 6.45) is 4.78. The Bertz CT molecular complexity index is 471. The van der Waals surface area contributed by atoms with E-state index >= 15 is 0 Å². The summed E-state index contributed by atoms with van der Waals surface area (Å²) < 4.78 is 0. The molecule has 98 valence electrons. The fourth-order valence-electron chi connectivity index (χ4n) is 2.59. The molecule has 0 amide bonds. The normalized spacial score (nSPS) is 21.8. The van der Waals surface area contributed by atoms with Crippen molar-refractivity contribution in [2.45, 2.75) is 46.1 Å². The molecule has 0 spiro atoms. The molecule has 1 heterocycles. The van der Waals surface area contributed by atoms with Crippen molar-refractivity contribution < 1.29 is 4.92 Å². The van der Waals surface area contributed by atoms with Crippen LogP contribution in [0, 0.1) is 22.5 Å². The van der Waals surface area contributed by atoms with Gasteiger partial charge >= 0.3 is 0 Å². The Balaban J connectivity index is 2.07. The van der Waals surface area contributed by atoms with Gasteiger partial charge in [0, 0.05) is 11.6 Å². The molecule has 1 atom stereocenters. The highest BCUT2D eigenvalue weighted by Gasteiger charge is 2.31.